The molecular formula is C60H46N2Si. The van der Waals surface area contributed by atoms with Crippen molar-refractivity contribution in [1.82, 2.24) is 0 Å². The van der Waals surface area contributed by atoms with Crippen LogP contribution in [0.5, 0.6) is 0 Å². The number of nitrogens with zero attached hydrogens (tertiary/aromatic N) is 2. The summed E-state index contributed by atoms with van der Waals surface area (Å²) in [5.41, 5.74) is 16.8. The monoisotopic (exact) mass is 822 g/mol. The Balaban J connectivity index is 1.01. The number of hydrogen-bond acceptors (Lipinski definition) is 2. The molecule has 63 heavy (non-hydrogen) atoms. The van der Waals surface area contributed by atoms with Gasteiger partial charge in [0.05, 0.1) is 11.4 Å². The average molecular weight is 823 g/mol. The van der Waals surface area contributed by atoms with Crippen LogP contribution in [0.15, 0.2) is 243 Å². The van der Waals surface area contributed by atoms with Crippen molar-refractivity contribution in [3.63, 3.8) is 0 Å². The maximum atomic E-state index is 2.53. The van der Waals surface area contributed by atoms with E-state index in [9.17, 15) is 0 Å². The first-order valence-corrected chi connectivity index (χ1v) is 24.9. The Labute approximate surface area is 371 Å². The molecule has 10 aromatic rings. The van der Waals surface area contributed by atoms with Crippen molar-refractivity contribution in [2.75, 3.05) is 9.80 Å². The zero-order chi connectivity index (χ0) is 42.3. The molecule has 0 bridgehead atoms. The SMILES string of the molecule is C[Si]1(C)c2cc(N(c3ccccc3)c3ccccc3-c3ccccc3)ccc2-c2ccc(-c3ccc(N(c4ccccc4)c4ccccc4-c4ccccc4)cc3)c3cccc1c23. The van der Waals surface area contributed by atoms with Crippen molar-refractivity contribution in [2.45, 2.75) is 13.1 Å². The molecule has 0 atom stereocenters. The lowest BCUT2D eigenvalue weighted by Crippen LogP contribution is -2.56. The molecule has 0 unspecified atom stereocenters. The third-order valence-corrected chi connectivity index (χ3v) is 16.4. The smallest absolute Gasteiger partial charge is 0.113 e. The number of benzene rings is 10. The molecule has 1 aliphatic rings. The van der Waals surface area contributed by atoms with E-state index in [1.54, 1.807) is 0 Å². The molecule has 0 spiro atoms. The van der Waals surface area contributed by atoms with Crippen molar-refractivity contribution in [1.29, 1.82) is 0 Å². The average Bonchev–Trinajstić information content (AvgIpc) is 3.35. The van der Waals surface area contributed by atoms with E-state index in [2.05, 4.69) is 266 Å². The summed E-state index contributed by atoms with van der Waals surface area (Å²) in [6.07, 6.45) is 0. The summed E-state index contributed by atoms with van der Waals surface area (Å²) >= 11 is 0. The molecular weight excluding hydrogens is 777 g/mol. The van der Waals surface area contributed by atoms with Crippen molar-refractivity contribution in [2.24, 2.45) is 0 Å². The molecule has 3 heteroatoms. The molecule has 10 aromatic carbocycles. The second kappa shape index (κ2) is 16.0. The highest BCUT2D eigenvalue weighted by Gasteiger charge is 2.36. The first-order chi connectivity index (χ1) is 31.0. The quantitative estimate of drug-likeness (QED) is 0.134. The zero-order valence-electron chi connectivity index (χ0n) is 35.5. The Morgan fingerprint density at radius 3 is 1.29 bits per heavy atom. The van der Waals surface area contributed by atoms with Crippen molar-refractivity contribution < 1.29 is 0 Å². The van der Waals surface area contributed by atoms with Gasteiger partial charge in [0.2, 0.25) is 0 Å². The summed E-state index contributed by atoms with van der Waals surface area (Å²) in [5, 5.41) is 5.66. The maximum absolute atomic E-state index is 2.53. The van der Waals surface area contributed by atoms with Gasteiger partial charge in [-0.3, -0.25) is 0 Å². The number of rotatable bonds is 9. The van der Waals surface area contributed by atoms with Crippen LogP contribution in [0.1, 0.15) is 0 Å². The largest absolute Gasteiger partial charge is 0.310 e. The van der Waals surface area contributed by atoms with Gasteiger partial charge in [-0.1, -0.05) is 195 Å². The summed E-state index contributed by atoms with van der Waals surface area (Å²) in [5.74, 6) is 0. The van der Waals surface area contributed by atoms with Crippen LogP contribution in [0, 0.1) is 0 Å². The standard InChI is InChI=1S/C60H46N2Si/c1-63(2)58-33-19-30-54-50(45-34-36-48(37-35-45)61(46-24-11-5-12-25-46)56-31-17-15-28-51(56)43-20-7-3-8-21-43)40-41-55(60(54)58)53-39-38-49(42-59(53)63)62(47-26-13-6-14-27-47)57-32-18-16-29-52(57)44-22-9-4-10-23-44/h3-42H,1-2H3. The van der Waals surface area contributed by atoms with E-state index in [1.807, 2.05) is 0 Å². The minimum absolute atomic E-state index is 1.12. The summed E-state index contributed by atoms with van der Waals surface area (Å²) in [4.78, 5) is 4.82. The molecule has 0 saturated carbocycles. The predicted octanol–water partition coefficient (Wildman–Crippen LogP) is 15.6. The molecule has 0 aromatic heterocycles. The Morgan fingerprint density at radius 2 is 0.714 bits per heavy atom. The van der Waals surface area contributed by atoms with E-state index < -0.39 is 8.07 Å². The van der Waals surface area contributed by atoms with E-state index in [4.69, 9.17) is 0 Å². The van der Waals surface area contributed by atoms with Gasteiger partial charge in [-0.15, -0.1) is 0 Å². The minimum atomic E-state index is -2.21. The molecule has 0 fully saturated rings. The number of anilines is 6. The van der Waals surface area contributed by atoms with Gasteiger partial charge in [-0.25, -0.2) is 0 Å². The third-order valence-electron chi connectivity index (χ3n) is 12.9. The summed E-state index contributed by atoms with van der Waals surface area (Å²) in [6.45, 7) is 5.07. The Hall–Kier alpha value is -7.72. The fourth-order valence-electron chi connectivity index (χ4n) is 9.83. The van der Waals surface area contributed by atoms with Gasteiger partial charge in [0.25, 0.3) is 0 Å². The third kappa shape index (κ3) is 6.75. The fraction of sp³-hybridized carbons (Fsp3) is 0.0333. The van der Waals surface area contributed by atoms with Gasteiger partial charge in [0.15, 0.2) is 0 Å². The summed E-state index contributed by atoms with van der Waals surface area (Å²) in [6, 6.07) is 88.6. The van der Waals surface area contributed by atoms with E-state index in [0.29, 0.717) is 0 Å². The maximum Gasteiger partial charge on any atom is 0.113 e. The molecule has 0 aliphatic carbocycles. The van der Waals surface area contributed by atoms with Gasteiger partial charge >= 0.3 is 0 Å². The van der Waals surface area contributed by atoms with Gasteiger partial charge in [-0.05, 0) is 115 Å². The van der Waals surface area contributed by atoms with Crippen LogP contribution in [0.25, 0.3) is 55.3 Å². The lowest BCUT2D eigenvalue weighted by Gasteiger charge is -2.36. The molecule has 1 heterocycles. The van der Waals surface area contributed by atoms with Crippen LogP contribution < -0.4 is 20.2 Å². The normalized spacial score (nSPS) is 12.4. The van der Waals surface area contributed by atoms with Crippen LogP contribution in [-0.2, 0) is 0 Å². The van der Waals surface area contributed by atoms with Crippen molar-refractivity contribution in [3.8, 4) is 44.5 Å². The zero-order valence-corrected chi connectivity index (χ0v) is 36.5. The van der Waals surface area contributed by atoms with Crippen LogP contribution >= 0.6 is 0 Å². The molecule has 0 saturated heterocycles. The Kier molecular flexibility index (Phi) is 9.68. The predicted molar refractivity (Wildman–Crippen MR) is 272 cm³/mol. The number of hydrogen-bond donors (Lipinski definition) is 0. The molecule has 1 aliphatic heterocycles. The van der Waals surface area contributed by atoms with Crippen molar-refractivity contribution >= 4 is 63.3 Å². The highest BCUT2D eigenvalue weighted by atomic mass is 28.3. The van der Waals surface area contributed by atoms with Crippen LogP contribution in [0.2, 0.25) is 13.1 Å². The Morgan fingerprint density at radius 1 is 0.286 bits per heavy atom. The second-order valence-corrected chi connectivity index (χ2v) is 21.2. The van der Waals surface area contributed by atoms with Gasteiger partial charge < -0.3 is 9.80 Å². The van der Waals surface area contributed by atoms with E-state index in [0.717, 1.165) is 28.4 Å². The van der Waals surface area contributed by atoms with E-state index in [1.165, 1.54) is 71.3 Å². The van der Waals surface area contributed by atoms with E-state index >= 15 is 0 Å². The molecule has 300 valence electrons. The minimum Gasteiger partial charge on any atom is -0.310 e. The lowest BCUT2D eigenvalue weighted by molar-refractivity contribution is 1.28. The first-order valence-electron chi connectivity index (χ1n) is 21.9. The second-order valence-electron chi connectivity index (χ2n) is 16.9. The molecule has 0 radical (unpaired) electrons. The Bertz CT molecular complexity index is 3240. The lowest BCUT2D eigenvalue weighted by atomic mass is 9.91. The highest BCUT2D eigenvalue weighted by Crippen LogP contribution is 2.45. The van der Waals surface area contributed by atoms with Crippen LogP contribution in [-0.4, -0.2) is 8.07 Å². The van der Waals surface area contributed by atoms with Gasteiger partial charge in [0.1, 0.15) is 8.07 Å². The number of fused-ring (bicyclic) bond motifs is 2. The van der Waals surface area contributed by atoms with Gasteiger partial charge in [0, 0.05) is 33.9 Å². The van der Waals surface area contributed by atoms with Crippen molar-refractivity contribution in [3.05, 3.63) is 243 Å². The molecule has 0 N–H and O–H groups in total. The topological polar surface area (TPSA) is 6.48 Å². The fourth-order valence-corrected chi connectivity index (χ4v) is 12.9. The highest BCUT2D eigenvalue weighted by molar-refractivity contribution is 7.03. The molecule has 2 nitrogen and oxygen atoms in total. The first kappa shape index (κ1) is 38.2. The van der Waals surface area contributed by atoms with Gasteiger partial charge in [-0.2, -0.15) is 0 Å². The number of para-hydroxylation sites is 4. The molecule has 11 rings (SSSR count). The van der Waals surface area contributed by atoms with E-state index in [-0.39, 0.29) is 0 Å². The summed E-state index contributed by atoms with van der Waals surface area (Å²) < 4.78 is 0. The van der Waals surface area contributed by atoms with Crippen LogP contribution in [0.3, 0.4) is 0 Å². The summed E-state index contributed by atoms with van der Waals surface area (Å²) in [7, 11) is -2.21. The molecule has 0 amide bonds. The van der Waals surface area contributed by atoms with Crippen LogP contribution in [0.4, 0.5) is 34.1 Å².